The number of hydrogen-bond donors (Lipinski definition) is 3. The fourth-order valence-electron chi connectivity index (χ4n) is 3.91. The van der Waals surface area contributed by atoms with E-state index in [2.05, 4.69) is 16.0 Å². The highest BCUT2D eigenvalue weighted by molar-refractivity contribution is 7.99. The van der Waals surface area contributed by atoms with Crippen molar-refractivity contribution in [3.05, 3.63) is 65.7 Å². The normalized spacial score (nSPS) is 13.7. The van der Waals surface area contributed by atoms with Gasteiger partial charge in [0.15, 0.2) is 0 Å². The monoisotopic (exact) mass is 570 g/mol. The van der Waals surface area contributed by atoms with E-state index in [0.29, 0.717) is 49.5 Å². The molecule has 2 aromatic carbocycles. The highest BCUT2D eigenvalue weighted by atomic mass is 32.2. The van der Waals surface area contributed by atoms with Gasteiger partial charge in [0.25, 0.3) is 5.91 Å². The summed E-state index contributed by atoms with van der Waals surface area (Å²) < 4.78 is 10.6. The van der Waals surface area contributed by atoms with Crippen molar-refractivity contribution in [2.75, 3.05) is 30.0 Å². The van der Waals surface area contributed by atoms with Crippen LogP contribution in [0.4, 0.5) is 15.3 Å². The van der Waals surface area contributed by atoms with Gasteiger partial charge in [-0.15, -0.1) is 11.8 Å². The van der Waals surface area contributed by atoms with Crippen LogP contribution in [0.15, 0.2) is 54.6 Å². The molecule has 0 saturated carbocycles. The second-order valence-corrected chi connectivity index (χ2v) is 11.4. The number of thioether (sulfide) groups is 1. The molecule has 3 N–H and O–H groups in total. The topological polar surface area (TPSA) is 126 Å². The molecule has 0 spiro atoms. The van der Waals surface area contributed by atoms with Crippen LogP contribution in [0.1, 0.15) is 56.0 Å². The van der Waals surface area contributed by atoms with Crippen molar-refractivity contribution in [1.29, 1.82) is 0 Å². The van der Waals surface area contributed by atoms with Crippen molar-refractivity contribution in [2.24, 2.45) is 0 Å². The number of carbonyl (C=O) groups is 4. The first-order valence-electron chi connectivity index (χ1n) is 13.3. The lowest BCUT2D eigenvalue weighted by atomic mass is 10.1. The molecule has 1 aliphatic heterocycles. The first-order valence-corrected chi connectivity index (χ1v) is 14.5. The molecule has 1 saturated heterocycles. The Morgan fingerprint density at radius 1 is 1.00 bits per heavy atom. The Morgan fingerprint density at radius 2 is 1.77 bits per heavy atom. The largest absolute Gasteiger partial charge is 0.444 e. The molecule has 0 radical (unpaired) electrons. The number of alkyl carbamates (subject to hydrolysis) is 1. The lowest BCUT2D eigenvalue weighted by Crippen LogP contribution is -2.49. The van der Waals surface area contributed by atoms with E-state index < -0.39 is 23.8 Å². The number of amides is 4. The molecule has 0 bridgehead atoms. The van der Waals surface area contributed by atoms with Gasteiger partial charge in [0.2, 0.25) is 5.91 Å². The third-order valence-corrected chi connectivity index (χ3v) is 6.81. The quantitative estimate of drug-likeness (QED) is 0.333. The second-order valence-electron chi connectivity index (χ2n) is 10.4. The van der Waals surface area contributed by atoms with E-state index in [9.17, 15) is 19.2 Å². The van der Waals surface area contributed by atoms with Gasteiger partial charge in [-0.25, -0.2) is 9.59 Å². The summed E-state index contributed by atoms with van der Waals surface area (Å²) >= 11 is 1.68. The van der Waals surface area contributed by atoms with E-state index in [0.717, 1.165) is 11.3 Å². The van der Waals surface area contributed by atoms with Crippen LogP contribution < -0.4 is 16.0 Å². The Labute approximate surface area is 239 Å². The molecule has 1 unspecified atom stereocenters. The summed E-state index contributed by atoms with van der Waals surface area (Å²) in [4.78, 5) is 51.8. The lowest BCUT2D eigenvalue weighted by molar-refractivity contribution is -0.132. The molecule has 1 aliphatic rings. The van der Waals surface area contributed by atoms with Gasteiger partial charge in [-0.3, -0.25) is 14.9 Å². The maximum absolute atomic E-state index is 13.0. The van der Waals surface area contributed by atoms with Crippen LogP contribution in [0.3, 0.4) is 0 Å². The van der Waals surface area contributed by atoms with Gasteiger partial charge in [-0.05, 0) is 63.8 Å². The van der Waals surface area contributed by atoms with E-state index >= 15 is 0 Å². The van der Waals surface area contributed by atoms with Crippen molar-refractivity contribution in [3.8, 4) is 0 Å². The van der Waals surface area contributed by atoms with E-state index in [-0.39, 0.29) is 18.4 Å². The van der Waals surface area contributed by atoms with Gasteiger partial charge in [0.1, 0.15) is 18.2 Å². The maximum Gasteiger partial charge on any atom is 0.411 e. The smallest absolute Gasteiger partial charge is 0.411 e. The van der Waals surface area contributed by atoms with Crippen molar-refractivity contribution >= 4 is 41.5 Å². The molecule has 1 heterocycles. The maximum atomic E-state index is 13.0. The van der Waals surface area contributed by atoms with E-state index in [1.807, 2.05) is 30.3 Å². The van der Waals surface area contributed by atoms with Crippen LogP contribution in [0.25, 0.3) is 0 Å². The predicted octanol–water partition coefficient (Wildman–Crippen LogP) is 4.76. The fraction of sp³-hybridized carbons (Fsp3) is 0.448. The second kappa shape index (κ2) is 15.2. The van der Waals surface area contributed by atoms with Gasteiger partial charge >= 0.3 is 12.2 Å². The number of nitrogens with one attached hydrogen (secondary N) is 3. The molecule has 4 amide bonds. The van der Waals surface area contributed by atoms with E-state index in [4.69, 9.17) is 9.47 Å². The molecule has 1 fully saturated rings. The van der Waals surface area contributed by atoms with Crippen molar-refractivity contribution in [2.45, 2.75) is 58.3 Å². The molecule has 0 aliphatic carbocycles. The third kappa shape index (κ3) is 10.8. The predicted molar refractivity (Wildman–Crippen MR) is 155 cm³/mol. The third-order valence-electron chi connectivity index (χ3n) is 5.84. The van der Waals surface area contributed by atoms with Crippen LogP contribution in [-0.2, 0) is 20.9 Å². The summed E-state index contributed by atoms with van der Waals surface area (Å²) in [6.07, 6.45) is 0.424. The lowest BCUT2D eigenvalue weighted by Gasteiger charge is -2.26. The standard InChI is InChI=1S/C29H38N4O6S/c1-29(2,3)39-28(37)32-24(26(35)33-16-17-40-20-33)14-7-8-15-30-25(34)22-12-9-13-23(18-22)31-27(36)38-19-21-10-5-4-6-11-21/h4-6,9-13,18,24H,7-8,14-17,19-20H2,1-3H3,(H,30,34)(H,31,36)(H,32,37). The zero-order chi connectivity index (χ0) is 29.0. The Hall–Kier alpha value is -3.73. The number of carbonyl (C=O) groups excluding carboxylic acids is 4. The Bertz CT molecular complexity index is 1150. The average molecular weight is 571 g/mol. The minimum Gasteiger partial charge on any atom is -0.444 e. The molecule has 11 heteroatoms. The number of anilines is 1. The van der Waals surface area contributed by atoms with Gasteiger partial charge in [-0.2, -0.15) is 0 Å². The van der Waals surface area contributed by atoms with Gasteiger partial charge < -0.3 is 25.0 Å². The van der Waals surface area contributed by atoms with Crippen LogP contribution in [0.2, 0.25) is 0 Å². The molecule has 0 aromatic heterocycles. The molecular formula is C29H38N4O6S. The minimum absolute atomic E-state index is 0.119. The van der Waals surface area contributed by atoms with Crippen molar-refractivity contribution in [1.82, 2.24) is 15.5 Å². The molecule has 10 nitrogen and oxygen atoms in total. The van der Waals surface area contributed by atoms with Crippen LogP contribution in [-0.4, -0.2) is 65.3 Å². The molecule has 1 atom stereocenters. The first kappa shape index (κ1) is 30.8. The summed E-state index contributed by atoms with van der Waals surface area (Å²) in [5.74, 6) is 1.09. The van der Waals surface area contributed by atoms with Crippen LogP contribution >= 0.6 is 11.8 Å². The number of rotatable bonds is 11. The molecule has 2 aromatic rings. The van der Waals surface area contributed by atoms with Crippen LogP contribution in [0.5, 0.6) is 0 Å². The number of hydrogen-bond acceptors (Lipinski definition) is 7. The number of benzene rings is 2. The Balaban J connectivity index is 1.43. The van der Waals surface area contributed by atoms with Crippen molar-refractivity contribution < 1.29 is 28.7 Å². The first-order chi connectivity index (χ1) is 19.1. The minimum atomic E-state index is -0.686. The SMILES string of the molecule is CC(C)(C)OC(=O)NC(CCCCNC(=O)c1cccc(NC(=O)OCc2ccccc2)c1)C(=O)N1CCSC1. The van der Waals surface area contributed by atoms with E-state index in [1.165, 1.54) is 0 Å². The van der Waals surface area contributed by atoms with E-state index in [1.54, 1.807) is 61.7 Å². The summed E-state index contributed by atoms with van der Waals surface area (Å²) in [7, 11) is 0. The highest BCUT2D eigenvalue weighted by Gasteiger charge is 2.29. The summed E-state index contributed by atoms with van der Waals surface area (Å²) in [5.41, 5.74) is 1.05. The molecule has 40 heavy (non-hydrogen) atoms. The average Bonchev–Trinajstić information content (AvgIpc) is 3.45. The van der Waals surface area contributed by atoms with Gasteiger partial charge in [0.05, 0.1) is 5.88 Å². The number of nitrogens with zero attached hydrogens (tertiary/aromatic N) is 1. The highest BCUT2D eigenvalue weighted by Crippen LogP contribution is 2.17. The zero-order valence-electron chi connectivity index (χ0n) is 23.2. The molecular weight excluding hydrogens is 532 g/mol. The van der Waals surface area contributed by atoms with Gasteiger partial charge in [-0.1, -0.05) is 36.4 Å². The molecule has 3 rings (SSSR count). The summed E-state index contributed by atoms with van der Waals surface area (Å²) in [6, 6.07) is 15.2. The Morgan fingerprint density at radius 3 is 2.48 bits per heavy atom. The summed E-state index contributed by atoms with van der Waals surface area (Å²) in [6.45, 7) is 6.50. The van der Waals surface area contributed by atoms with Gasteiger partial charge in [0, 0.05) is 30.1 Å². The molecule has 216 valence electrons. The van der Waals surface area contributed by atoms with Crippen LogP contribution in [0, 0.1) is 0 Å². The number of unbranched alkanes of at least 4 members (excludes halogenated alkanes) is 1. The van der Waals surface area contributed by atoms with Crippen molar-refractivity contribution in [3.63, 3.8) is 0 Å². The number of ether oxygens (including phenoxy) is 2. The Kier molecular flexibility index (Phi) is 11.7. The summed E-state index contributed by atoms with van der Waals surface area (Å²) in [5, 5.41) is 8.22. The zero-order valence-corrected chi connectivity index (χ0v) is 24.1. The fourth-order valence-corrected chi connectivity index (χ4v) is 4.86.